The Hall–Kier alpha value is -1.56. The Balaban J connectivity index is 2.33. The smallest absolute Gasteiger partial charge is 0.288 e. The molecule has 2 rings (SSSR count). The lowest BCUT2D eigenvalue weighted by molar-refractivity contribution is 0.640. The van der Waals surface area contributed by atoms with Gasteiger partial charge in [-0.05, 0) is 17.7 Å². The second kappa shape index (κ2) is 5.39. The third kappa shape index (κ3) is 2.64. The first-order valence-corrected chi connectivity index (χ1v) is 5.84. The van der Waals surface area contributed by atoms with Crippen molar-refractivity contribution in [3.05, 3.63) is 56.4 Å². The van der Waals surface area contributed by atoms with Crippen LogP contribution in [0.15, 0.2) is 35.3 Å². The molecule has 3 N–H and O–H groups in total. The van der Waals surface area contributed by atoms with Crippen LogP contribution in [-0.2, 0) is 6.54 Å². The van der Waals surface area contributed by atoms with E-state index in [0.29, 0.717) is 17.3 Å². The highest BCUT2D eigenvalue weighted by atomic mass is 35.5. The zero-order valence-corrected chi connectivity index (χ0v) is 10.7. The highest BCUT2D eigenvalue weighted by molar-refractivity contribution is 6.32. The molecule has 0 radical (unpaired) electrons. The number of halogens is 2. The summed E-state index contributed by atoms with van der Waals surface area (Å²) in [6.45, 7) is 0.320. The Bertz CT molecular complexity index is 609. The average molecular weight is 285 g/mol. The predicted molar refractivity (Wildman–Crippen MR) is 71.9 cm³/mol. The minimum absolute atomic E-state index is 0.0152. The summed E-state index contributed by atoms with van der Waals surface area (Å²) in [4.78, 5) is 11.9. The van der Waals surface area contributed by atoms with Gasteiger partial charge in [0, 0.05) is 5.02 Å². The minimum atomic E-state index is -0.401. The Labute approximate surface area is 113 Å². The molecule has 0 saturated carbocycles. The second-order valence-electron chi connectivity index (χ2n) is 3.61. The molecule has 5 nitrogen and oxygen atoms in total. The molecule has 1 aromatic heterocycles. The predicted octanol–water partition coefficient (Wildman–Crippen LogP) is 1.88. The fourth-order valence-corrected chi connectivity index (χ4v) is 1.77. The van der Waals surface area contributed by atoms with Crippen molar-refractivity contribution < 1.29 is 0 Å². The molecule has 0 aliphatic rings. The molecule has 1 heterocycles. The number of hydrazine groups is 1. The van der Waals surface area contributed by atoms with Gasteiger partial charge >= 0.3 is 0 Å². The van der Waals surface area contributed by atoms with Crippen molar-refractivity contribution in [3.8, 4) is 0 Å². The number of benzene rings is 1. The SMILES string of the molecule is NNc1cnn(Cc2ccc(Cl)cc2)c(=O)c1Cl. The molecule has 0 atom stereocenters. The van der Waals surface area contributed by atoms with Gasteiger partial charge in [-0.25, -0.2) is 4.68 Å². The molecule has 0 amide bonds. The van der Waals surface area contributed by atoms with Crippen molar-refractivity contribution in [3.63, 3.8) is 0 Å². The lowest BCUT2D eigenvalue weighted by atomic mass is 10.2. The molecule has 1 aromatic carbocycles. The van der Waals surface area contributed by atoms with Crippen molar-refractivity contribution in [2.24, 2.45) is 5.84 Å². The van der Waals surface area contributed by atoms with Gasteiger partial charge in [-0.2, -0.15) is 5.10 Å². The fourth-order valence-electron chi connectivity index (χ4n) is 1.44. The van der Waals surface area contributed by atoms with E-state index in [1.165, 1.54) is 10.9 Å². The molecule has 0 fully saturated rings. The maximum atomic E-state index is 11.9. The van der Waals surface area contributed by atoms with E-state index >= 15 is 0 Å². The summed E-state index contributed by atoms with van der Waals surface area (Å²) in [5.74, 6) is 5.20. The molecule has 0 unspecified atom stereocenters. The molecular weight excluding hydrogens is 275 g/mol. The van der Waals surface area contributed by atoms with Crippen LogP contribution in [0.3, 0.4) is 0 Å². The van der Waals surface area contributed by atoms with Crippen LogP contribution in [0.2, 0.25) is 10.0 Å². The number of nitrogens with zero attached hydrogens (tertiary/aromatic N) is 2. The quantitative estimate of drug-likeness (QED) is 0.667. The van der Waals surface area contributed by atoms with Gasteiger partial charge in [0.25, 0.3) is 5.56 Å². The second-order valence-corrected chi connectivity index (χ2v) is 4.42. The lowest BCUT2D eigenvalue weighted by Crippen LogP contribution is -2.25. The molecule has 2 aromatic rings. The topological polar surface area (TPSA) is 72.9 Å². The number of rotatable bonds is 3. The number of aromatic nitrogens is 2. The van der Waals surface area contributed by atoms with E-state index in [-0.39, 0.29) is 5.02 Å². The van der Waals surface area contributed by atoms with Gasteiger partial charge in [0.1, 0.15) is 5.02 Å². The summed E-state index contributed by atoms with van der Waals surface area (Å²) in [5, 5.41) is 4.63. The third-order valence-corrected chi connectivity index (χ3v) is 3.00. The fraction of sp³-hybridized carbons (Fsp3) is 0.0909. The van der Waals surface area contributed by atoms with Gasteiger partial charge < -0.3 is 5.43 Å². The molecule has 18 heavy (non-hydrogen) atoms. The summed E-state index contributed by atoms with van der Waals surface area (Å²) >= 11 is 11.6. The summed E-state index contributed by atoms with van der Waals surface area (Å²) in [6, 6.07) is 7.14. The van der Waals surface area contributed by atoms with Crippen molar-refractivity contribution in [1.29, 1.82) is 0 Å². The first-order chi connectivity index (χ1) is 8.61. The van der Waals surface area contributed by atoms with Crippen molar-refractivity contribution in [2.75, 3.05) is 5.43 Å². The maximum absolute atomic E-state index is 11.9. The molecule has 0 aliphatic carbocycles. The number of nitrogen functional groups attached to an aromatic ring is 1. The molecule has 0 spiro atoms. The molecule has 0 saturated heterocycles. The number of nitrogens with one attached hydrogen (secondary N) is 1. The van der Waals surface area contributed by atoms with Crippen LogP contribution in [0.4, 0.5) is 5.69 Å². The molecule has 0 aliphatic heterocycles. The van der Waals surface area contributed by atoms with E-state index in [9.17, 15) is 4.79 Å². The third-order valence-electron chi connectivity index (χ3n) is 2.39. The van der Waals surface area contributed by atoms with Gasteiger partial charge in [-0.1, -0.05) is 35.3 Å². The van der Waals surface area contributed by atoms with Gasteiger partial charge in [-0.15, -0.1) is 0 Å². The summed E-state index contributed by atoms with van der Waals surface area (Å²) in [5.41, 5.74) is 3.11. The normalized spacial score (nSPS) is 10.4. The number of hydrogen-bond donors (Lipinski definition) is 2. The van der Waals surface area contributed by atoms with E-state index in [1.54, 1.807) is 12.1 Å². The van der Waals surface area contributed by atoms with Crippen LogP contribution in [0, 0.1) is 0 Å². The van der Waals surface area contributed by atoms with Crippen LogP contribution >= 0.6 is 23.2 Å². The zero-order chi connectivity index (χ0) is 13.1. The first-order valence-electron chi connectivity index (χ1n) is 5.08. The van der Waals surface area contributed by atoms with E-state index in [0.717, 1.165) is 5.56 Å². The van der Waals surface area contributed by atoms with Crippen molar-refractivity contribution in [1.82, 2.24) is 9.78 Å². The van der Waals surface area contributed by atoms with Gasteiger partial charge in [0.2, 0.25) is 0 Å². The van der Waals surface area contributed by atoms with Gasteiger partial charge in [0.15, 0.2) is 0 Å². The highest BCUT2D eigenvalue weighted by Gasteiger charge is 2.08. The lowest BCUT2D eigenvalue weighted by Gasteiger charge is -2.07. The largest absolute Gasteiger partial charge is 0.321 e. The minimum Gasteiger partial charge on any atom is -0.321 e. The van der Waals surface area contributed by atoms with Crippen molar-refractivity contribution >= 4 is 28.9 Å². The van der Waals surface area contributed by atoms with Crippen LogP contribution in [-0.4, -0.2) is 9.78 Å². The van der Waals surface area contributed by atoms with Gasteiger partial charge in [0.05, 0.1) is 18.4 Å². The Morgan fingerprint density at radius 2 is 1.94 bits per heavy atom. The average Bonchev–Trinajstić information content (AvgIpc) is 2.38. The Morgan fingerprint density at radius 3 is 2.56 bits per heavy atom. The van der Waals surface area contributed by atoms with Crippen LogP contribution in [0.1, 0.15) is 5.56 Å². The van der Waals surface area contributed by atoms with E-state index in [4.69, 9.17) is 29.0 Å². The zero-order valence-electron chi connectivity index (χ0n) is 9.23. The number of anilines is 1. The van der Waals surface area contributed by atoms with Crippen LogP contribution in [0.5, 0.6) is 0 Å². The maximum Gasteiger partial charge on any atom is 0.288 e. The molecule has 94 valence electrons. The highest BCUT2D eigenvalue weighted by Crippen LogP contribution is 2.14. The Morgan fingerprint density at radius 1 is 1.28 bits per heavy atom. The van der Waals surface area contributed by atoms with E-state index < -0.39 is 5.56 Å². The number of hydrogen-bond acceptors (Lipinski definition) is 4. The molecular formula is C11H10Cl2N4O. The van der Waals surface area contributed by atoms with Gasteiger partial charge in [-0.3, -0.25) is 10.6 Å². The number of nitrogens with two attached hydrogens (primary N) is 1. The van der Waals surface area contributed by atoms with E-state index in [1.807, 2.05) is 12.1 Å². The summed E-state index contributed by atoms with van der Waals surface area (Å²) in [6.07, 6.45) is 1.40. The van der Waals surface area contributed by atoms with Crippen molar-refractivity contribution in [2.45, 2.75) is 6.54 Å². The van der Waals surface area contributed by atoms with Crippen LogP contribution < -0.4 is 16.8 Å². The standard InChI is InChI=1S/C11H10Cl2N4O/c12-8-3-1-7(2-4-8)6-17-11(18)10(13)9(16-14)5-15-17/h1-5,16H,6,14H2. The first kappa shape index (κ1) is 12.9. The molecule has 7 heteroatoms. The summed E-state index contributed by atoms with van der Waals surface area (Å²) < 4.78 is 1.26. The monoisotopic (exact) mass is 284 g/mol. The van der Waals surface area contributed by atoms with E-state index in [2.05, 4.69) is 10.5 Å². The molecule has 0 bridgehead atoms. The summed E-state index contributed by atoms with van der Waals surface area (Å²) in [7, 11) is 0. The Kier molecular flexibility index (Phi) is 3.86. The van der Waals surface area contributed by atoms with Crippen LogP contribution in [0.25, 0.3) is 0 Å².